The zero-order valence-electron chi connectivity index (χ0n) is 14.9. The number of benzene rings is 2. The van der Waals surface area contributed by atoms with Gasteiger partial charge in [0.05, 0.1) is 6.61 Å². The number of rotatable bonds is 6. The van der Waals surface area contributed by atoms with E-state index in [2.05, 4.69) is 18.7 Å². The van der Waals surface area contributed by atoms with Crippen LogP contribution in [0.25, 0.3) is 0 Å². The molecule has 0 aliphatic carbocycles. The van der Waals surface area contributed by atoms with Crippen LogP contribution >= 0.6 is 11.6 Å². The van der Waals surface area contributed by atoms with Crippen LogP contribution in [0.15, 0.2) is 36.4 Å². The molecule has 5 nitrogen and oxygen atoms in total. The molecule has 1 heterocycles. The molecule has 0 amide bonds. The minimum absolute atomic E-state index is 0.403. The van der Waals surface area contributed by atoms with Crippen LogP contribution in [0, 0.1) is 5.92 Å². The predicted molar refractivity (Wildman–Crippen MR) is 102 cm³/mol. The second-order valence-electron chi connectivity index (χ2n) is 6.75. The van der Waals surface area contributed by atoms with Crippen molar-refractivity contribution in [2.75, 3.05) is 18.1 Å². The van der Waals surface area contributed by atoms with Gasteiger partial charge in [-0.3, -0.25) is 0 Å². The van der Waals surface area contributed by atoms with Gasteiger partial charge in [0, 0.05) is 34.9 Å². The molecule has 0 radical (unpaired) electrons. The van der Waals surface area contributed by atoms with E-state index in [-0.39, 0.29) is 0 Å². The second kappa shape index (κ2) is 7.87. The van der Waals surface area contributed by atoms with Crippen LogP contribution in [-0.4, -0.2) is 24.4 Å². The zero-order chi connectivity index (χ0) is 18.7. The van der Waals surface area contributed by atoms with E-state index >= 15 is 0 Å². The summed E-state index contributed by atoms with van der Waals surface area (Å²) in [5.41, 5.74) is 2.91. The monoisotopic (exact) mass is 375 g/mol. The molecule has 0 unspecified atom stereocenters. The average Bonchev–Trinajstić information content (AvgIpc) is 2.98. The van der Waals surface area contributed by atoms with Crippen molar-refractivity contribution in [2.24, 2.45) is 5.92 Å². The molecular weight excluding hydrogens is 354 g/mol. The van der Waals surface area contributed by atoms with Crippen LogP contribution in [0.4, 0.5) is 10.5 Å². The lowest BCUT2D eigenvalue weighted by Crippen LogP contribution is -2.20. The van der Waals surface area contributed by atoms with Gasteiger partial charge in [-0.25, -0.2) is 4.79 Å². The summed E-state index contributed by atoms with van der Waals surface area (Å²) < 4.78 is 10.8. The van der Waals surface area contributed by atoms with Crippen LogP contribution in [0.5, 0.6) is 11.5 Å². The maximum Gasteiger partial charge on any atom is 0.511 e. The van der Waals surface area contributed by atoms with Gasteiger partial charge in [-0.15, -0.1) is 0 Å². The van der Waals surface area contributed by atoms with E-state index in [0.717, 1.165) is 35.5 Å². The molecule has 0 spiro atoms. The Morgan fingerprint density at radius 3 is 2.81 bits per heavy atom. The SMILES string of the molecule is CC(C)COc1ccc(Cl)cc1CN1CCc2c(OC(=O)O)cccc21. The highest BCUT2D eigenvalue weighted by atomic mass is 35.5. The number of carbonyl (C=O) groups is 1. The zero-order valence-corrected chi connectivity index (χ0v) is 15.6. The first kappa shape index (κ1) is 18.4. The number of hydrogen-bond donors (Lipinski definition) is 1. The van der Waals surface area contributed by atoms with Crippen molar-refractivity contribution in [1.82, 2.24) is 0 Å². The lowest BCUT2D eigenvalue weighted by atomic mass is 10.1. The Hall–Kier alpha value is -2.40. The molecular formula is C20H22ClNO4. The first-order chi connectivity index (χ1) is 12.4. The van der Waals surface area contributed by atoms with E-state index in [1.807, 2.05) is 30.3 Å². The molecule has 0 aromatic heterocycles. The van der Waals surface area contributed by atoms with Gasteiger partial charge >= 0.3 is 6.16 Å². The summed E-state index contributed by atoms with van der Waals surface area (Å²) in [5.74, 6) is 1.66. The van der Waals surface area contributed by atoms with Crippen LogP contribution < -0.4 is 14.4 Å². The molecule has 0 atom stereocenters. The highest BCUT2D eigenvalue weighted by Gasteiger charge is 2.24. The molecule has 138 valence electrons. The van der Waals surface area contributed by atoms with Crippen molar-refractivity contribution in [3.8, 4) is 11.5 Å². The van der Waals surface area contributed by atoms with Crippen molar-refractivity contribution >= 4 is 23.4 Å². The summed E-state index contributed by atoms with van der Waals surface area (Å²) in [4.78, 5) is 13.1. The van der Waals surface area contributed by atoms with Gasteiger partial charge in [0.25, 0.3) is 0 Å². The van der Waals surface area contributed by atoms with Gasteiger partial charge in [0.1, 0.15) is 11.5 Å². The molecule has 1 N–H and O–H groups in total. The number of fused-ring (bicyclic) bond motifs is 1. The van der Waals surface area contributed by atoms with Crippen molar-refractivity contribution in [1.29, 1.82) is 0 Å². The molecule has 1 aliphatic heterocycles. The fourth-order valence-corrected chi connectivity index (χ4v) is 3.29. The van der Waals surface area contributed by atoms with Crippen LogP contribution in [-0.2, 0) is 13.0 Å². The Balaban J connectivity index is 1.84. The van der Waals surface area contributed by atoms with E-state index in [1.165, 1.54) is 0 Å². The molecule has 26 heavy (non-hydrogen) atoms. The number of hydrogen-bond acceptors (Lipinski definition) is 4. The Labute approximate surface area is 158 Å². The lowest BCUT2D eigenvalue weighted by molar-refractivity contribution is 0.144. The number of carboxylic acid groups (broad SMARTS) is 1. The summed E-state index contributed by atoms with van der Waals surface area (Å²) in [6.07, 6.45) is -0.558. The molecule has 2 aromatic carbocycles. The standard InChI is InChI=1S/C20H22ClNO4/c1-13(2)12-25-18-7-6-15(21)10-14(18)11-22-9-8-16-17(22)4-3-5-19(16)26-20(23)24/h3-7,10,13H,8-9,11-12H2,1-2H3,(H,23,24). The first-order valence-corrected chi connectivity index (χ1v) is 9.00. The Morgan fingerprint density at radius 2 is 2.08 bits per heavy atom. The summed E-state index contributed by atoms with van der Waals surface area (Å²) in [5, 5.41) is 9.57. The smallest absolute Gasteiger partial charge is 0.493 e. The highest BCUT2D eigenvalue weighted by Crippen LogP contribution is 2.37. The van der Waals surface area contributed by atoms with E-state index in [9.17, 15) is 4.79 Å². The van der Waals surface area contributed by atoms with Crippen molar-refractivity contribution < 1.29 is 19.4 Å². The number of ether oxygens (including phenoxy) is 2. The van der Waals surface area contributed by atoms with Gasteiger partial charge < -0.3 is 19.5 Å². The molecule has 0 fully saturated rings. The van der Waals surface area contributed by atoms with Gasteiger partial charge in [-0.05, 0) is 42.7 Å². The van der Waals surface area contributed by atoms with E-state index in [1.54, 1.807) is 6.07 Å². The average molecular weight is 376 g/mol. The summed E-state index contributed by atoms with van der Waals surface area (Å²) in [6.45, 7) is 6.28. The van der Waals surface area contributed by atoms with Crippen molar-refractivity contribution in [3.05, 3.63) is 52.5 Å². The second-order valence-corrected chi connectivity index (χ2v) is 7.19. The van der Waals surface area contributed by atoms with Gasteiger partial charge in [-0.2, -0.15) is 0 Å². The Bertz CT molecular complexity index is 806. The third kappa shape index (κ3) is 4.22. The minimum atomic E-state index is -1.30. The fraction of sp³-hybridized carbons (Fsp3) is 0.350. The maximum atomic E-state index is 10.9. The van der Waals surface area contributed by atoms with E-state index < -0.39 is 6.16 Å². The Morgan fingerprint density at radius 1 is 1.27 bits per heavy atom. The predicted octanol–water partition coefficient (Wildman–Crippen LogP) is 4.99. The molecule has 3 rings (SSSR count). The molecule has 0 bridgehead atoms. The molecule has 6 heteroatoms. The Kier molecular flexibility index (Phi) is 5.57. The van der Waals surface area contributed by atoms with Crippen LogP contribution in [0.3, 0.4) is 0 Å². The van der Waals surface area contributed by atoms with E-state index in [0.29, 0.717) is 29.8 Å². The maximum absolute atomic E-state index is 10.9. The lowest BCUT2D eigenvalue weighted by Gasteiger charge is -2.22. The number of anilines is 1. The van der Waals surface area contributed by atoms with E-state index in [4.69, 9.17) is 26.2 Å². The molecule has 1 aliphatic rings. The summed E-state index contributed by atoms with van der Waals surface area (Å²) >= 11 is 6.19. The normalized spacial score (nSPS) is 13.0. The van der Waals surface area contributed by atoms with Crippen LogP contribution in [0.1, 0.15) is 25.0 Å². The fourth-order valence-electron chi connectivity index (χ4n) is 3.10. The largest absolute Gasteiger partial charge is 0.511 e. The highest BCUT2D eigenvalue weighted by molar-refractivity contribution is 6.30. The van der Waals surface area contributed by atoms with Crippen molar-refractivity contribution in [2.45, 2.75) is 26.8 Å². The summed E-state index contributed by atoms with van der Waals surface area (Å²) in [6, 6.07) is 11.1. The summed E-state index contributed by atoms with van der Waals surface area (Å²) in [7, 11) is 0. The van der Waals surface area contributed by atoms with Gasteiger partial charge in [0.2, 0.25) is 0 Å². The molecule has 0 saturated heterocycles. The van der Waals surface area contributed by atoms with Crippen LogP contribution in [0.2, 0.25) is 5.02 Å². The first-order valence-electron chi connectivity index (χ1n) is 8.63. The number of halogens is 1. The molecule has 2 aromatic rings. The van der Waals surface area contributed by atoms with Gasteiger partial charge in [-0.1, -0.05) is 31.5 Å². The molecule has 0 saturated carbocycles. The number of nitrogens with zero attached hydrogens (tertiary/aromatic N) is 1. The van der Waals surface area contributed by atoms with Crippen molar-refractivity contribution in [3.63, 3.8) is 0 Å². The third-order valence-electron chi connectivity index (χ3n) is 4.23. The third-order valence-corrected chi connectivity index (χ3v) is 4.47. The topological polar surface area (TPSA) is 59.0 Å². The minimum Gasteiger partial charge on any atom is -0.493 e. The van der Waals surface area contributed by atoms with Gasteiger partial charge in [0.15, 0.2) is 0 Å². The quantitative estimate of drug-likeness (QED) is 0.569.